The Kier molecular flexibility index (Phi) is 7.25. The first-order chi connectivity index (χ1) is 12.3. The number of carboxylic acid groups (broad SMARTS) is 1. The average molecular weight is 374 g/mol. The quantitative estimate of drug-likeness (QED) is 0.699. The predicted molar refractivity (Wildman–Crippen MR) is 91.3 cm³/mol. The molecule has 0 atom stereocenters. The molecule has 26 heavy (non-hydrogen) atoms. The molecule has 0 bridgehead atoms. The summed E-state index contributed by atoms with van der Waals surface area (Å²) in [6, 6.07) is 2.26. The van der Waals surface area contributed by atoms with Crippen molar-refractivity contribution in [2.75, 3.05) is 24.6 Å². The molecule has 1 fully saturated rings. The van der Waals surface area contributed by atoms with E-state index in [-0.39, 0.29) is 24.8 Å². The van der Waals surface area contributed by atoms with Gasteiger partial charge in [-0.3, -0.25) is 4.79 Å². The predicted octanol–water partition coefficient (Wildman–Crippen LogP) is 3.90. The Hall–Kier alpha value is -1.83. The summed E-state index contributed by atoms with van der Waals surface area (Å²) in [6.45, 7) is 3.88. The van der Waals surface area contributed by atoms with Crippen molar-refractivity contribution in [3.63, 3.8) is 0 Å². The lowest BCUT2D eigenvalue weighted by molar-refractivity contribution is -0.141. The van der Waals surface area contributed by atoms with Crippen LogP contribution in [0, 0.1) is 0 Å². The number of carboxylic acids is 1. The summed E-state index contributed by atoms with van der Waals surface area (Å²) in [5.74, 6) is -0.744. The van der Waals surface area contributed by atoms with Gasteiger partial charge in [-0.25, -0.2) is 4.98 Å². The maximum atomic E-state index is 13.0. The number of unbranched alkanes of at least 4 members (excludes halogenated alkanes) is 1. The van der Waals surface area contributed by atoms with Gasteiger partial charge in [-0.05, 0) is 37.3 Å². The van der Waals surface area contributed by atoms with Crippen molar-refractivity contribution in [2.24, 2.45) is 0 Å². The summed E-state index contributed by atoms with van der Waals surface area (Å²) in [5.41, 5.74) is -0.418. The number of ether oxygens (including phenoxy) is 1. The van der Waals surface area contributed by atoms with Gasteiger partial charge in [0.2, 0.25) is 0 Å². The molecule has 0 unspecified atom stereocenters. The number of carbonyl (C=O) groups is 1. The first kappa shape index (κ1) is 20.5. The van der Waals surface area contributed by atoms with Gasteiger partial charge in [-0.2, -0.15) is 13.2 Å². The van der Waals surface area contributed by atoms with E-state index in [2.05, 4.69) is 11.9 Å². The van der Waals surface area contributed by atoms with Crippen LogP contribution in [0.25, 0.3) is 0 Å². The Labute approximate surface area is 151 Å². The van der Waals surface area contributed by atoms with Gasteiger partial charge in [-0.1, -0.05) is 19.4 Å². The summed E-state index contributed by atoms with van der Waals surface area (Å²) in [5, 5.41) is 8.87. The standard InChI is InChI=1S/C18H25F3N2O3/c1-2-3-12-26-14-8-10-23(11-9-14)17-13(5-7-16(24)25)4-6-15(22-17)18(19,20)21/h4,6,14H,2-3,5,7-12H2,1H3,(H,24,25). The number of alkyl halides is 3. The highest BCUT2D eigenvalue weighted by molar-refractivity contribution is 5.67. The number of aryl methyl sites for hydroxylation is 1. The van der Waals surface area contributed by atoms with Crippen LogP contribution >= 0.6 is 0 Å². The van der Waals surface area contributed by atoms with Crippen LogP contribution in [-0.4, -0.2) is 41.9 Å². The summed E-state index contributed by atoms with van der Waals surface area (Å²) in [7, 11) is 0. The largest absolute Gasteiger partial charge is 0.481 e. The summed E-state index contributed by atoms with van der Waals surface area (Å²) >= 11 is 0. The first-order valence-electron chi connectivity index (χ1n) is 8.96. The van der Waals surface area contributed by atoms with Crippen molar-refractivity contribution in [1.29, 1.82) is 0 Å². The van der Waals surface area contributed by atoms with Crippen molar-refractivity contribution in [3.8, 4) is 0 Å². The summed E-state index contributed by atoms with van der Waals surface area (Å²) in [4.78, 5) is 16.4. The molecular formula is C18H25F3N2O3. The Balaban J connectivity index is 2.11. The number of nitrogens with zero attached hydrogens (tertiary/aromatic N) is 2. The smallest absolute Gasteiger partial charge is 0.433 e. The number of rotatable bonds is 8. The van der Waals surface area contributed by atoms with Gasteiger partial charge in [0.15, 0.2) is 0 Å². The van der Waals surface area contributed by atoms with E-state index in [4.69, 9.17) is 9.84 Å². The third-order valence-corrected chi connectivity index (χ3v) is 4.45. The van der Waals surface area contributed by atoms with Gasteiger partial charge in [-0.15, -0.1) is 0 Å². The Bertz CT molecular complexity index is 600. The number of aromatic nitrogens is 1. The molecule has 0 saturated carbocycles. The van der Waals surface area contributed by atoms with Crippen molar-refractivity contribution in [3.05, 3.63) is 23.4 Å². The normalized spacial score (nSPS) is 16.1. The van der Waals surface area contributed by atoms with Crippen LogP contribution in [0.15, 0.2) is 12.1 Å². The van der Waals surface area contributed by atoms with Gasteiger partial charge in [0.1, 0.15) is 11.5 Å². The zero-order chi connectivity index (χ0) is 19.2. The third kappa shape index (κ3) is 5.86. The van der Waals surface area contributed by atoms with Gasteiger partial charge in [0, 0.05) is 26.1 Å². The third-order valence-electron chi connectivity index (χ3n) is 4.45. The lowest BCUT2D eigenvalue weighted by atomic mass is 10.0. The molecule has 8 heteroatoms. The molecule has 5 nitrogen and oxygen atoms in total. The molecule has 2 heterocycles. The number of pyridine rings is 1. The molecule has 1 aromatic rings. The van der Waals surface area contributed by atoms with Gasteiger partial charge < -0.3 is 14.7 Å². The molecule has 0 amide bonds. The number of anilines is 1. The highest BCUT2D eigenvalue weighted by atomic mass is 19.4. The lowest BCUT2D eigenvalue weighted by Gasteiger charge is -2.34. The van der Waals surface area contributed by atoms with Crippen LogP contribution in [0.3, 0.4) is 0 Å². The zero-order valence-corrected chi connectivity index (χ0v) is 14.9. The van der Waals surface area contributed by atoms with E-state index in [0.29, 0.717) is 25.3 Å². The Morgan fingerprint density at radius 1 is 1.35 bits per heavy atom. The Morgan fingerprint density at radius 3 is 2.62 bits per heavy atom. The highest BCUT2D eigenvalue weighted by Gasteiger charge is 2.34. The number of hydrogen-bond acceptors (Lipinski definition) is 4. The van der Waals surface area contributed by atoms with Gasteiger partial charge in [0.05, 0.1) is 6.10 Å². The van der Waals surface area contributed by atoms with E-state index < -0.39 is 17.8 Å². The molecule has 0 radical (unpaired) electrons. The topological polar surface area (TPSA) is 62.7 Å². The van der Waals surface area contributed by atoms with E-state index in [1.807, 2.05) is 4.90 Å². The second-order valence-electron chi connectivity index (χ2n) is 6.48. The van der Waals surface area contributed by atoms with Crippen LogP contribution in [-0.2, 0) is 22.1 Å². The van der Waals surface area contributed by atoms with Crippen LogP contribution in [0.5, 0.6) is 0 Å². The summed E-state index contributed by atoms with van der Waals surface area (Å²) in [6.07, 6.45) is -0.901. The average Bonchev–Trinajstić information content (AvgIpc) is 2.60. The molecule has 0 aromatic carbocycles. The minimum Gasteiger partial charge on any atom is -0.481 e. The SMILES string of the molecule is CCCCOC1CCN(c2nc(C(F)(F)F)ccc2CCC(=O)O)CC1. The van der Waals surface area contributed by atoms with E-state index in [1.54, 1.807) is 0 Å². The molecule has 1 aliphatic heterocycles. The fraction of sp³-hybridized carbons (Fsp3) is 0.667. The van der Waals surface area contributed by atoms with Crippen LogP contribution in [0.2, 0.25) is 0 Å². The molecule has 1 aliphatic rings. The first-order valence-corrected chi connectivity index (χ1v) is 8.96. The molecule has 2 rings (SSSR count). The van der Waals surface area contributed by atoms with E-state index in [9.17, 15) is 18.0 Å². The van der Waals surface area contributed by atoms with Crippen LogP contribution in [0.4, 0.5) is 19.0 Å². The zero-order valence-electron chi connectivity index (χ0n) is 14.9. The second-order valence-corrected chi connectivity index (χ2v) is 6.48. The highest BCUT2D eigenvalue weighted by Crippen LogP contribution is 2.32. The molecule has 0 spiro atoms. The van der Waals surface area contributed by atoms with Crippen molar-refractivity contribution >= 4 is 11.8 Å². The van der Waals surface area contributed by atoms with Crippen molar-refractivity contribution in [2.45, 2.75) is 57.7 Å². The monoisotopic (exact) mass is 374 g/mol. The molecular weight excluding hydrogens is 349 g/mol. The molecule has 1 N–H and O–H groups in total. The molecule has 1 aromatic heterocycles. The minimum absolute atomic E-state index is 0.117. The fourth-order valence-electron chi connectivity index (χ4n) is 2.97. The van der Waals surface area contributed by atoms with Crippen LogP contribution in [0.1, 0.15) is 50.3 Å². The molecule has 0 aliphatic carbocycles. The van der Waals surface area contributed by atoms with Crippen LogP contribution < -0.4 is 4.90 Å². The maximum absolute atomic E-state index is 13.0. The van der Waals surface area contributed by atoms with E-state index >= 15 is 0 Å². The number of aliphatic carboxylic acids is 1. The van der Waals surface area contributed by atoms with E-state index in [0.717, 1.165) is 31.7 Å². The molecule has 1 saturated heterocycles. The second kappa shape index (κ2) is 9.21. The number of piperidine rings is 1. The summed E-state index contributed by atoms with van der Waals surface area (Å²) < 4.78 is 44.9. The Morgan fingerprint density at radius 2 is 2.04 bits per heavy atom. The van der Waals surface area contributed by atoms with Gasteiger partial charge >= 0.3 is 12.1 Å². The van der Waals surface area contributed by atoms with Gasteiger partial charge in [0.25, 0.3) is 0 Å². The molecule has 146 valence electrons. The number of halogens is 3. The minimum atomic E-state index is -4.53. The lowest BCUT2D eigenvalue weighted by Crippen LogP contribution is -2.38. The van der Waals surface area contributed by atoms with Crippen molar-refractivity contribution in [1.82, 2.24) is 4.98 Å². The van der Waals surface area contributed by atoms with Crippen molar-refractivity contribution < 1.29 is 27.8 Å². The maximum Gasteiger partial charge on any atom is 0.433 e. The fourth-order valence-corrected chi connectivity index (χ4v) is 2.97. The van der Waals surface area contributed by atoms with E-state index in [1.165, 1.54) is 6.07 Å². The number of hydrogen-bond donors (Lipinski definition) is 1.